The summed E-state index contributed by atoms with van der Waals surface area (Å²) in [4.78, 5) is 0. The van der Waals surface area contributed by atoms with Crippen LogP contribution in [0.2, 0.25) is 0 Å². The van der Waals surface area contributed by atoms with Gasteiger partial charge in [0.25, 0.3) is 0 Å². The smallest absolute Gasteiger partial charge is 0.109 e. The van der Waals surface area contributed by atoms with Crippen LogP contribution in [0.1, 0.15) is 86.0 Å². The van der Waals surface area contributed by atoms with Crippen LogP contribution in [-0.4, -0.2) is 44.3 Å². The number of hydrogen-bond donors (Lipinski definition) is 4. The van der Waals surface area contributed by atoms with Crippen LogP contribution in [0.3, 0.4) is 0 Å². The molecule has 4 heteroatoms. The standard InChI is InChI=1S/C27H46O4/c1-16(2)7-6-8-17(3)19-9-10-20-22-21(12-13-25(19,20)4)26(5)14-11-18(28)15-27(26,31)24(30)23(22)29/h6,8,16-24,28-31H,7,9-15H2,1-5H3. The predicted molar refractivity (Wildman–Crippen MR) is 123 cm³/mol. The third-order valence-electron chi connectivity index (χ3n) is 10.6. The molecule has 4 rings (SSSR count). The van der Waals surface area contributed by atoms with Crippen molar-refractivity contribution in [3.8, 4) is 0 Å². The van der Waals surface area contributed by atoms with E-state index in [4.69, 9.17) is 0 Å². The van der Waals surface area contributed by atoms with Crippen LogP contribution in [-0.2, 0) is 0 Å². The largest absolute Gasteiger partial charge is 0.393 e. The van der Waals surface area contributed by atoms with Gasteiger partial charge in [0.15, 0.2) is 0 Å². The Hall–Kier alpha value is -0.420. The molecule has 4 fully saturated rings. The molecule has 0 aromatic rings. The van der Waals surface area contributed by atoms with Crippen LogP contribution in [0.4, 0.5) is 0 Å². The summed E-state index contributed by atoms with van der Waals surface area (Å²) in [5.41, 5.74) is -1.68. The van der Waals surface area contributed by atoms with Gasteiger partial charge < -0.3 is 20.4 Å². The van der Waals surface area contributed by atoms with Crippen LogP contribution in [0.5, 0.6) is 0 Å². The summed E-state index contributed by atoms with van der Waals surface area (Å²) in [7, 11) is 0. The fourth-order valence-corrected chi connectivity index (χ4v) is 8.85. The molecule has 0 aliphatic heterocycles. The fraction of sp³-hybridized carbons (Fsp3) is 0.926. The molecule has 178 valence electrons. The summed E-state index contributed by atoms with van der Waals surface area (Å²) >= 11 is 0. The van der Waals surface area contributed by atoms with Crippen molar-refractivity contribution in [2.45, 2.75) is 110 Å². The molecule has 0 bridgehead atoms. The van der Waals surface area contributed by atoms with E-state index in [0.717, 1.165) is 32.1 Å². The minimum atomic E-state index is -1.40. The molecule has 4 N–H and O–H groups in total. The van der Waals surface area contributed by atoms with Crippen molar-refractivity contribution < 1.29 is 20.4 Å². The van der Waals surface area contributed by atoms with Gasteiger partial charge in [0.1, 0.15) is 11.7 Å². The number of allylic oxidation sites excluding steroid dienone is 2. The van der Waals surface area contributed by atoms with Gasteiger partial charge in [-0.3, -0.25) is 0 Å². The minimum Gasteiger partial charge on any atom is -0.393 e. The summed E-state index contributed by atoms with van der Waals surface area (Å²) in [6, 6.07) is 0. The van der Waals surface area contributed by atoms with Gasteiger partial charge in [0, 0.05) is 11.8 Å². The number of hydrogen-bond acceptors (Lipinski definition) is 4. The quantitative estimate of drug-likeness (QED) is 0.497. The normalized spacial score (nSPS) is 53.3. The van der Waals surface area contributed by atoms with E-state index in [9.17, 15) is 20.4 Å². The molecular formula is C27H46O4. The second kappa shape index (κ2) is 8.11. The predicted octanol–water partition coefficient (Wildman–Crippen LogP) is 4.30. The molecule has 4 aliphatic rings. The Balaban J connectivity index is 1.61. The maximum absolute atomic E-state index is 11.6. The number of aliphatic hydroxyl groups excluding tert-OH is 3. The van der Waals surface area contributed by atoms with Crippen molar-refractivity contribution in [2.24, 2.45) is 46.3 Å². The van der Waals surface area contributed by atoms with E-state index in [2.05, 4.69) is 46.8 Å². The van der Waals surface area contributed by atoms with E-state index in [0.29, 0.717) is 30.1 Å². The van der Waals surface area contributed by atoms with Crippen LogP contribution in [0, 0.1) is 46.3 Å². The average molecular weight is 435 g/mol. The molecule has 0 radical (unpaired) electrons. The molecule has 0 aromatic carbocycles. The lowest BCUT2D eigenvalue weighted by Crippen LogP contribution is -2.73. The molecule has 0 saturated heterocycles. The lowest BCUT2D eigenvalue weighted by molar-refractivity contribution is -0.297. The summed E-state index contributed by atoms with van der Waals surface area (Å²) < 4.78 is 0. The number of rotatable bonds is 4. The first-order valence-corrected chi connectivity index (χ1v) is 12.9. The molecule has 31 heavy (non-hydrogen) atoms. The summed E-state index contributed by atoms with van der Waals surface area (Å²) in [6.45, 7) is 11.4. The zero-order valence-corrected chi connectivity index (χ0v) is 20.3. The second-order valence-corrected chi connectivity index (χ2v) is 12.6. The lowest BCUT2D eigenvalue weighted by Gasteiger charge is -2.66. The summed E-state index contributed by atoms with van der Waals surface area (Å²) in [5, 5.41) is 44.4. The van der Waals surface area contributed by atoms with Crippen LogP contribution in [0.15, 0.2) is 12.2 Å². The van der Waals surface area contributed by atoms with Gasteiger partial charge in [0.05, 0.1) is 12.2 Å². The molecular weight excluding hydrogens is 388 g/mol. The van der Waals surface area contributed by atoms with Crippen molar-refractivity contribution in [2.75, 3.05) is 0 Å². The Morgan fingerprint density at radius 2 is 1.65 bits per heavy atom. The van der Waals surface area contributed by atoms with E-state index in [1.807, 2.05) is 0 Å². The van der Waals surface area contributed by atoms with Crippen LogP contribution < -0.4 is 0 Å². The molecule has 0 amide bonds. The van der Waals surface area contributed by atoms with Crippen molar-refractivity contribution >= 4 is 0 Å². The van der Waals surface area contributed by atoms with Gasteiger partial charge in [-0.2, -0.15) is 0 Å². The third kappa shape index (κ3) is 3.47. The summed E-state index contributed by atoms with van der Waals surface area (Å²) in [5.74, 6) is 2.42. The van der Waals surface area contributed by atoms with Gasteiger partial charge in [-0.25, -0.2) is 0 Å². The van der Waals surface area contributed by atoms with Gasteiger partial charge in [-0.05, 0) is 85.9 Å². The zero-order chi connectivity index (χ0) is 22.8. The highest BCUT2D eigenvalue weighted by molar-refractivity contribution is 5.20. The highest BCUT2D eigenvalue weighted by atomic mass is 16.4. The Labute approximate surface area is 189 Å². The first kappa shape index (κ1) is 23.7. The Bertz CT molecular complexity index is 691. The monoisotopic (exact) mass is 434 g/mol. The molecule has 4 aliphatic carbocycles. The second-order valence-electron chi connectivity index (χ2n) is 12.6. The van der Waals surface area contributed by atoms with Crippen LogP contribution >= 0.6 is 0 Å². The first-order chi connectivity index (χ1) is 14.5. The topological polar surface area (TPSA) is 80.9 Å². The third-order valence-corrected chi connectivity index (χ3v) is 10.6. The SMILES string of the molecule is CC(C)CC=CC(C)C1CCC2C3C(O)C(O)C4(O)CC(O)CCC4(C)C3CCC12C. The number of aliphatic hydroxyl groups is 4. The van der Waals surface area contributed by atoms with Crippen molar-refractivity contribution in [3.05, 3.63) is 12.2 Å². The zero-order valence-electron chi connectivity index (χ0n) is 20.3. The Kier molecular flexibility index (Phi) is 6.21. The van der Waals surface area contributed by atoms with Crippen molar-refractivity contribution in [3.63, 3.8) is 0 Å². The van der Waals surface area contributed by atoms with E-state index in [1.54, 1.807) is 0 Å². The minimum absolute atomic E-state index is 0.0334. The number of fused-ring (bicyclic) bond motifs is 5. The first-order valence-electron chi connectivity index (χ1n) is 12.9. The van der Waals surface area contributed by atoms with Gasteiger partial charge in [-0.1, -0.05) is 46.8 Å². The van der Waals surface area contributed by atoms with Gasteiger partial charge in [-0.15, -0.1) is 0 Å². The van der Waals surface area contributed by atoms with E-state index < -0.39 is 29.3 Å². The molecule has 0 aromatic heterocycles. The highest BCUT2D eigenvalue weighted by Gasteiger charge is 2.70. The maximum Gasteiger partial charge on any atom is 0.109 e. The van der Waals surface area contributed by atoms with E-state index in [1.165, 1.54) is 6.42 Å². The molecule has 11 atom stereocenters. The molecule has 4 nitrogen and oxygen atoms in total. The molecule has 0 heterocycles. The van der Waals surface area contributed by atoms with Gasteiger partial charge in [0.2, 0.25) is 0 Å². The van der Waals surface area contributed by atoms with E-state index >= 15 is 0 Å². The van der Waals surface area contributed by atoms with Crippen molar-refractivity contribution in [1.82, 2.24) is 0 Å². The lowest BCUT2D eigenvalue weighted by atomic mass is 9.41. The van der Waals surface area contributed by atoms with Crippen LogP contribution in [0.25, 0.3) is 0 Å². The molecule has 4 saturated carbocycles. The Morgan fingerprint density at radius 1 is 0.935 bits per heavy atom. The fourth-order valence-electron chi connectivity index (χ4n) is 8.85. The highest BCUT2D eigenvalue weighted by Crippen LogP contribution is 2.69. The average Bonchev–Trinajstić information content (AvgIpc) is 3.05. The summed E-state index contributed by atoms with van der Waals surface area (Å²) in [6.07, 6.45) is 9.17. The molecule has 11 unspecified atom stereocenters. The van der Waals surface area contributed by atoms with Crippen molar-refractivity contribution in [1.29, 1.82) is 0 Å². The van der Waals surface area contributed by atoms with Gasteiger partial charge >= 0.3 is 0 Å². The Morgan fingerprint density at radius 3 is 2.32 bits per heavy atom. The maximum atomic E-state index is 11.6. The van der Waals surface area contributed by atoms with E-state index in [-0.39, 0.29) is 23.7 Å². The molecule has 0 spiro atoms.